The van der Waals surface area contributed by atoms with Gasteiger partial charge in [0, 0.05) is 0 Å². The molecule has 0 saturated heterocycles. The molecule has 3 heterocycles. The van der Waals surface area contributed by atoms with Gasteiger partial charge in [0.15, 0.2) is 17.3 Å². The standard InChI is InChI=1S/C23H22N4O4S2/c1-3-4-5-8-19-26-27-20(24)15(21(28)25-23(27)33-19)12-14-9-10-16(17(13-14)30-2)31-22(29)18-7-6-11-32-18/h6-7,9-13,24H,3-5,8H2,1-2H3/b15-12-,24-20?. The predicted molar refractivity (Wildman–Crippen MR) is 131 cm³/mol. The Bertz CT molecular complexity index is 1190. The van der Waals surface area contributed by atoms with E-state index >= 15 is 0 Å². The Morgan fingerprint density at radius 2 is 2.09 bits per heavy atom. The summed E-state index contributed by atoms with van der Waals surface area (Å²) in [6.45, 7) is 2.14. The summed E-state index contributed by atoms with van der Waals surface area (Å²) in [4.78, 5) is 29.5. The minimum atomic E-state index is -0.490. The first-order chi connectivity index (χ1) is 16.0. The summed E-state index contributed by atoms with van der Waals surface area (Å²) in [6.07, 6.45) is 5.59. The van der Waals surface area contributed by atoms with Crippen LogP contribution in [0.15, 0.2) is 51.4 Å². The summed E-state index contributed by atoms with van der Waals surface area (Å²) in [5.41, 5.74) is 0.733. The Labute approximate surface area is 199 Å². The molecule has 33 heavy (non-hydrogen) atoms. The number of fused-ring (bicyclic) bond motifs is 1. The molecule has 1 aromatic heterocycles. The molecule has 1 aromatic carbocycles. The van der Waals surface area contributed by atoms with E-state index in [0.717, 1.165) is 30.7 Å². The summed E-state index contributed by atoms with van der Waals surface area (Å²) >= 11 is 2.63. The number of amides is 1. The molecule has 1 N–H and O–H groups in total. The molecule has 2 aliphatic rings. The van der Waals surface area contributed by atoms with Gasteiger partial charge in [0.2, 0.25) is 5.17 Å². The van der Waals surface area contributed by atoms with Gasteiger partial charge in [-0.05, 0) is 59.8 Å². The number of esters is 1. The van der Waals surface area contributed by atoms with E-state index in [-0.39, 0.29) is 17.2 Å². The first-order valence-corrected chi connectivity index (χ1v) is 12.1. The fraction of sp³-hybridized carbons (Fsp3) is 0.261. The molecule has 0 spiro atoms. The fourth-order valence-electron chi connectivity index (χ4n) is 3.23. The van der Waals surface area contributed by atoms with Gasteiger partial charge in [0.1, 0.15) is 9.92 Å². The zero-order valence-electron chi connectivity index (χ0n) is 18.2. The molecule has 0 radical (unpaired) electrons. The van der Waals surface area contributed by atoms with Crippen LogP contribution < -0.4 is 9.47 Å². The first-order valence-electron chi connectivity index (χ1n) is 10.4. The van der Waals surface area contributed by atoms with Crippen LogP contribution in [-0.2, 0) is 4.79 Å². The lowest BCUT2D eigenvalue weighted by atomic mass is 10.1. The number of hydrogen-bond acceptors (Lipinski definition) is 8. The predicted octanol–water partition coefficient (Wildman–Crippen LogP) is 5.18. The van der Waals surface area contributed by atoms with E-state index in [1.165, 1.54) is 35.2 Å². The highest BCUT2D eigenvalue weighted by Gasteiger charge is 2.35. The molecule has 0 bridgehead atoms. The van der Waals surface area contributed by atoms with E-state index in [0.29, 0.717) is 21.4 Å². The van der Waals surface area contributed by atoms with E-state index in [4.69, 9.17) is 14.9 Å². The van der Waals surface area contributed by atoms with Crippen LogP contribution in [0.1, 0.15) is 47.8 Å². The van der Waals surface area contributed by atoms with Gasteiger partial charge in [-0.25, -0.2) is 4.79 Å². The molecule has 1 amide bonds. The lowest BCUT2D eigenvalue weighted by molar-refractivity contribution is -0.114. The Morgan fingerprint density at radius 1 is 1.24 bits per heavy atom. The number of carbonyl (C=O) groups is 2. The van der Waals surface area contributed by atoms with Crippen molar-refractivity contribution in [2.75, 3.05) is 7.11 Å². The summed E-state index contributed by atoms with van der Waals surface area (Å²) in [7, 11) is 1.47. The number of thiophene rings is 1. The molecule has 0 atom stereocenters. The second-order valence-electron chi connectivity index (χ2n) is 7.25. The smallest absolute Gasteiger partial charge is 0.353 e. The summed E-state index contributed by atoms with van der Waals surface area (Å²) in [5.74, 6) is -0.382. The number of thioether (sulfide) groups is 1. The molecule has 2 aromatic rings. The van der Waals surface area contributed by atoms with Crippen molar-refractivity contribution in [3.05, 3.63) is 51.7 Å². The Kier molecular flexibility index (Phi) is 7.05. The molecule has 170 valence electrons. The average Bonchev–Trinajstić information content (AvgIpc) is 3.48. The maximum Gasteiger partial charge on any atom is 0.353 e. The largest absolute Gasteiger partial charge is 0.493 e. The number of carbonyl (C=O) groups excluding carboxylic acids is 2. The van der Waals surface area contributed by atoms with Gasteiger partial charge in [-0.3, -0.25) is 10.2 Å². The lowest BCUT2D eigenvalue weighted by Crippen LogP contribution is -2.35. The fourth-order valence-corrected chi connectivity index (χ4v) is 4.75. The van der Waals surface area contributed by atoms with E-state index in [1.807, 2.05) is 0 Å². The molecule has 8 nitrogen and oxygen atoms in total. The van der Waals surface area contributed by atoms with Crippen LogP contribution in [0, 0.1) is 5.41 Å². The third-order valence-corrected chi connectivity index (χ3v) is 6.73. The van der Waals surface area contributed by atoms with Crippen LogP contribution in [0.25, 0.3) is 6.08 Å². The van der Waals surface area contributed by atoms with E-state index in [9.17, 15) is 9.59 Å². The highest BCUT2D eigenvalue weighted by molar-refractivity contribution is 8.26. The number of hydrogen-bond donors (Lipinski definition) is 1. The van der Waals surface area contributed by atoms with Crippen LogP contribution in [0.4, 0.5) is 0 Å². The molecule has 0 fully saturated rings. The Morgan fingerprint density at radius 3 is 2.82 bits per heavy atom. The zero-order valence-corrected chi connectivity index (χ0v) is 19.8. The maximum absolute atomic E-state index is 12.6. The monoisotopic (exact) mass is 482 g/mol. The van der Waals surface area contributed by atoms with Crippen molar-refractivity contribution in [3.63, 3.8) is 0 Å². The second kappa shape index (κ2) is 10.1. The van der Waals surface area contributed by atoms with Crippen LogP contribution in [0.2, 0.25) is 0 Å². The van der Waals surface area contributed by atoms with Gasteiger partial charge in [-0.15, -0.1) is 11.3 Å². The number of nitrogens with zero attached hydrogens (tertiary/aromatic N) is 3. The van der Waals surface area contributed by atoms with E-state index in [1.54, 1.807) is 41.8 Å². The number of rotatable bonds is 8. The van der Waals surface area contributed by atoms with Crippen molar-refractivity contribution < 1.29 is 19.1 Å². The van der Waals surface area contributed by atoms with Gasteiger partial charge in [-0.2, -0.15) is 15.1 Å². The van der Waals surface area contributed by atoms with Crippen molar-refractivity contribution in [2.45, 2.75) is 32.6 Å². The summed E-state index contributed by atoms with van der Waals surface area (Å²) < 4.78 is 10.8. The number of aliphatic imine (C=N–C) groups is 1. The number of hydrazone groups is 1. The maximum atomic E-state index is 12.6. The molecular weight excluding hydrogens is 460 g/mol. The molecule has 2 aliphatic heterocycles. The SMILES string of the molecule is CCCCCC1=NN2C(=N)/C(=C/c3ccc(OC(=O)c4cccs4)c(OC)c3)C(=O)N=C2S1. The number of unbranched alkanes of at least 4 members (excludes halogenated alkanes) is 2. The molecule has 0 saturated carbocycles. The van der Waals surface area contributed by atoms with E-state index < -0.39 is 11.9 Å². The Hall–Kier alpha value is -3.24. The molecule has 0 aliphatic carbocycles. The minimum absolute atomic E-state index is 0.0184. The van der Waals surface area contributed by atoms with Gasteiger partial charge >= 0.3 is 5.97 Å². The summed E-state index contributed by atoms with van der Waals surface area (Å²) in [5, 5.41) is 17.5. The number of amidine groups is 2. The quantitative estimate of drug-likeness (QED) is 0.241. The van der Waals surface area contributed by atoms with Gasteiger partial charge < -0.3 is 9.47 Å². The van der Waals surface area contributed by atoms with Crippen molar-refractivity contribution in [1.82, 2.24) is 5.01 Å². The topological polar surface area (TPSA) is 104 Å². The van der Waals surface area contributed by atoms with Crippen molar-refractivity contribution in [3.8, 4) is 11.5 Å². The number of methoxy groups -OCH3 is 1. The zero-order chi connectivity index (χ0) is 23.4. The lowest BCUT2D eigenvalue weighted by Gasteiger charge is -2.20. The summed E-state index contributed by atoms with van der Waals surface area (Å²) in [6, 6.07) is 8.38. The van der Waals surface area contributed by atoms with Crippen molar-refractivity contribution in [2.24, 2.45) is 10.1 Å². The first kappa shape index (κ1) is 22.9. The number of ether oxygens (including phenoxy) is 2. The van der Waals surface area contributed by atoms with Crippen LogP contribution in [0.3, 0.4) is 0 Å². The third-order valence-electron chi connectivity index (χ3n) is 4.91. The van der Waals surface area contributed by atoms with Crippen molar-refractivity contribution in [1.29, 1.82) is 5.41 Å². The molecule has 0 unspecified atom stereocenters. The Balaban J connectivity index is 1.54. The van der Waals surface area contributed by atoms with Crippen molar-refractivity contribution >= 4 is 57.1 Å². The number of benzene rings is 1. The normalized spacial score (nSPS) is 16.5. The highest BCUT2D eigenvalue weighted by atomic mass is 32.2. The molecule has 4 rings (SSSR count). The van der Waals surface area contributed by atoms with Crippen LogP contribution >= 0.6 is 23.1 Å². The van der Waals surface area contributed by atoms with Gasteiger partial charge in [0.25, 0.3) is 5.91 Å². The minimum Gasteiger partial charge on any atom is -0.493 e. The average molecular weight is 483 g/mol. The van der Waals surface area contributed by atoms with E-state index in [2.05, 4.69) is 17.0 Å². The third kappa shape index (κ3) is 5.07. The van der Waals surface area contributed by atoms with Crippen LogP contribution in [0.5, 0.6) is 11.5 Å². The molecular formula is C23H22N4O4S2. The van der Waals surface area contributed by atoms with Crippen LogP contribution in [-0.4, -0.2) is 40.0 Å². The second-order valence-corrected chi connectivity index (χ2v) is 9.24. The van der Waals surface area contributed by atoms with Gasteiger partial charge in [0.05, 0.1) is 12.7 Å². The van der Waals surface area contributed by atoms with Gasteiger partial charge in [-0.1, -0.05) is 31.9 Å². The molecule has 10 heteroatoms. The highest BCUT2D eigenvalue weighted by Crippen LogP contribution is 2.33. The number of nitrogens with one attached hydrogen (secondary N) is 1.